The molecule has 1 aromatic rings. The Morgan fingerprint density at radius 1 is 1.54 bits per heavy atom. The van der Waals surface area contributed by atoms with Crippen LogP contribution in [0.1, 0.15) is 0 Å². The average molecular weight is 216 g/mol. The standard InChI is InChI=1S/C8H7Cl2N3/c1-13-6(9)5-3-2-4-11-7(5)12-8(13)10/h2-4,8H,1H3. The molecule has 68 valence electrons. The number of hydrogen-bond acceptors (Lipinski definition) is 3. The lowest BCUT2D eigenvalue weighted by molar-refractivity contribution is 0.443. The third-order valence-corrected chi connectivity index (χ3v) is 2.73. The van der Waals surface area contributed by atoms with E-state index in [2.05, 4.69) is 9.98 Å². The van der Waals surface area contributed by atoms with Gasteiger partial charge in [-0.3, -0.25) is 0 Å². The van der Waals surface area contributed by atoms with Gasteiger partial charge >= 0.3 is 0 Å². The van der Waals surface area contributed by atoms with Crippen LogP contribution in [0.25, 0.3) is 5.16 Å². The first-order chi connectivity index (χ1) is 6.20. The Hall–Kier alpha value is -0.800. The first kappa shape index (κ1) is 8.78. The van der Waals surface area contributed by atoms with Crippen LogP contribution in [0.2, 0.25) is 0 Å². The summed E-state index contributed by atoms with van der Waals surface area (Å²) in [6.45, 7) is 0. The lowest BCUT2D eigenvalue weighted by atomic mass is 10.4. The van der Waals surface area contributed by atoms with Crippen molar-refractivity contribution in [2.75, 3.05) is 7.05 Å². The highest BCUT2D eigenvalue weighted by Gasteiger charge is 2.16. The molecule has 1 aliphatic rings. The summed E-state index contributed by atoms with van der Waals surface area (Å²) in [6.07, 6.45) is 1.67. The quantitative estimate of drug-likeness (QED) is 0.466. The molecule has 0 spiro atoms. The molecule has 3 nitrogen and oxygen atoms in total. The van der Waals surface area contributed by atoms with Crippen LogP contribution in [0.3, 0.4) is 0 Å². The smallest absolute Gasteiger partial charge is 0.200 e. The number of fused-ring (bicyclic) bond motifs is 1. The summed E-state index contributed by atoms with van der Waals surface area (Å²) in [5, 5.41) is 1.40. The van der Waals surface area contributed by atoms with E-state index in [1.165, 1.54) is 0 Å². The maximum atomic E-state index is 6.05. The maximum absolute atomic E-state index is 6.05. The summed E-state index contributed by atoms with van der Waals surface area (Å²) in [5.41, 5.74) is 0.139. The fourth-order valence-electron chi connectivity index (χ4n) is 1.13. The topological polar surface area (TPSA) is 28.5 Å². The predicted molar refractivity (Wildman–Crippen MR) is 51.7 cm³/mol. The molecular weight excluding hydrogens is 209 g/mol. The largest absolute Gasteiger partial charge is 0.330 e. The summed E-state index contributed by atoms with van der Waals surface area (Å²) < 4.78 is 0. The van der Waals surface area contributed by atoms with Crippen molar-refractivity contribution in [3.63, 3.8) is 0 Å². The van der Waals surface area contributed by atoms with Crippen molar-refractivity contribution in [3.05, 3.63) is 29.0 Å². The van der Waals surface area contributed by atoms with Crippen LogP contribution in [-0.4, -0.2) is 22.6 Å². The van der Waals surface area contributed by atoms with Gasteiger partial charge in [0, 0.05) is 13.2 Å². The highest BCUT2D eigenvalue weighted by molar-refractivity contribution is 6.45. The van der Waals surface area contributed by atoms with E-state index < -0.39 is 5.62 Å². The molecule has 0 aliphatic carbocycles. The molecule has 0 saturated heterocycles. The molecule has 0 N–H and O–H groups in total. The Bertz CT molecular complexity index is 443. The molecule has 1 aliphatic heterocycles. The highest BCUT2D eigenvalue weighted by Crippen LogP contribution is 2.15. The molecule has 13 heavy (non-hydrogen) atoms. The van der Waals surface area contributed by atoms with Crippen LogP contribution in [0.5, 0.6) is 0 Å². The summed E-state index contributed by atoms with van der Waals surface area (Å²) in [5.74, 6) is 0. The van der Waals surface area contributed by atoms with E-state index in [4.69, 9.17) is 23.2 Å². The molecular formula is C8H7Cl2N3. The fraction of sp³-hybridized carbons (Fsp3) is 0.250. The van der Waals surface area contributed by atoms with Crippen molar-refractivity contribution in [3.8, 4) is 0 Å². The minimum Gasteiger partial charge on any atom is -0.330 e. The number of rotatable bonds is 0. The zero-order valence-electron chi connectivity index (χ0n) is 6.91. The summed E-state index contributed by atoms with van der Waals surface area (Å²) in [7, 11) is 1.79. The second kappa shape index (κ2) is 3.16. The second-order valence-corrected chi connectivity index (χ2v) is 3.46. The number of nitrogens with zero attached hydrogens (tertiary/aromatic N) is 3. The van der Waals surface area contributed by atoms with Gasteiger partial charge in [0.05, 0.1) is 5.22 Å². The molecule has 0 amide bonds. The molecule has 1 aromatic heterocycles. The van der Waals surface area contributed by atoms with E-state index in [0.29, 0.717) is 10.6 Å². The van der Waals surface area contributed by atoms with Gasteiger partial charge in [-0.2, -0.15) is 0 Å². The van der Waals surface area contributed by atoms with E-state index in [1.54, 1.807) is 18.1 Å². The van der Waals surface area contributed by atoms with Gasteiger partial charge in [-0.1, -0.05) is 23.2 Å². The Morgan fingerprint density at radius 2 is 2.31 bits per heavy atom. The highest BCUT2D eigenvalue weighted by atomic mass is 35.5. The van der Waals surface area contributed by atoms with Crippen molar-refractivity contribution in [1.82, 2.24) is 9.88 Å². The van der Waals surface area contributed by atoms with E-state index in [1.807, 2.05) is 12.1 Å². The minimum absolute atomic E-state index is 0.463. The molecule has 0 radical (unpaired) electrons. The van der Waals surface area contributed by atoms with Gasteiger partial charge < -0.3 is 4.90 Å². The number of aromatic nitrogens is 1. The van der Waals surface area contributed by atoms with Crippen LogP contribution >= 0.6 is 23.2 Å². The molecule has 5 heteroatoms. The van der Waals surface area contributed by atoms with Gasteiger partial charge in [0.1, 0.15) is 5.16 Å². The summed E-state index contributed by atoms with van der Waals surface area (Å²) >= 11 is 12.0. The fourth-order valence-corrected chi connectivity index (χ4v) is 1.61. The normalized spacial score (nSPS) is 21.0. The van der Waals surface area contributed by atoms with E-state index in [9.17, 15) is 0 Å². The third-order valence-electron chi connectivity index (χ3n) is 1.87. The first-order valence-corrected chi connectivity index (χ1v) is 4.57. The monoisotopic (exact) mass is 215 g/mol. The van der Waals surface area contributed by atoms with Gasteiger partial charge in [-0.25, -0.2) is 9.98 Å². The van der Waals surface area contributed by atoms with Crippen LogP contribution in [0, 0.1) is 0 Å². The zero-order valence-corrected chi connectivity index (χ0v) is 8.42. The maximum Gasteiger partial charge on any atom is 0.200 e. The molecule has 1 atom stereocenters. The predicted octanol–water partition coefficient (Wildman–Crippen LogP) is 0.473. The molecule has 0 aromatic carbocycles. The Balaban J connectivity index is 2.81. The zero-order chi connectivity index (χ0) is 9.42. The molecule has 0 fully saturated rings. The van der Waals surface area contributed by atoms with Crippen LogP contribution in [0.15, 0.2) is 23.3 Å². The van der Waals surface area contributed by atoms with Crippen molar-refractivity contribution in [2.24, 2.45) is 4.99 Å². The van der Waals surface area contributed by atoms with Gasteiger partial charge in [0.25, 0.3) is 0 Å². The number of alkyl halides is 1. The van der Waals surface area contributed by atoms with Gasteiger partial charge in [0.2, 0.25) is 5.62 Å². The number of pyridine rings is 1. The Labute approximate surface area is 85.3 Å². The molecule has 0 bridgehead atoms. The SMILES string of the molecule is CN1C(Cl)=c2cccnc2=NC1Cl. The van der Waals surface area contributed by atoms with E-state index in [-0.39, 0.29) is 0 Å². The van der Waals surface area contributed by atoms with Gasteiger partial charge in [-0.05, 0) is 12.1 Å². The average Bonchev–Trinajstić information content (AvgIpc) is 2.15. The number of halogens is 2. The minimum atomic E-state index is -0.463. The summed E-state index contributed by atoms with van der Waals surface area (Å²) in [6, 6.07) is 3.69. The first-order valence-electron chi connectivity index (χ1n) is 3.76. The van der Waals surface area contributed by atoms with Gasteiger partial charge in [0.15, 0.2) is 5.49 Å². The van der Waals surface area contributed by atoms with Crippen molar-refractivity contribution >= 4 is 28.4 Å². The number of hydrogen-bond donors (Lipinski definition) is 0. The molecule has 0 saturated carbocycles. The third kappa shape index (κ3) is 1.38. The Morgan fingerprint density at radius 3 is 3.08 bits per heavy atom. The lowest BCUT2D eigenvalue weighted by Crippen LogP contribution is -2.41. The molecule has 1 unspecified atom stereocenters. The van der Waals surface area contributed by atoms with E-state index >= 15 is 0 Å². The van der Waals surface area contributed by atoms with Crippen LogP contribution < -0.4 is 10.7 Å². The van der Waals surface area contributed by atoms with Crippen LogP contribution in [0.4, 0.5) is 0 Å². The molecule has 2 rings (SSSR count). The van der Waals surface area contributed by atoms with Crippen molar-refractivity contribution in [2.45, 2.75) is 5.62 Å². The Kier molecular flexibility index (Phi) is 2.14. The molecule has 2 heterocycles. The van der Waals surface area contributed by atoms with E-state index in [0.717, 1.165) is 5.22 Å². The van der Waals surface area contributed by atoms with Crippen molar-refractivity contribution < 1.29 is 0 Å². The lowest BCUT2D eigenvalue weighted by Gasteiger charge is -2.23. The van der Waals surface area contributed by atoms with Crippen molar-refractivity contribution in [1.29, 1.82) is 0 Å². The van der Waals surface area contributed by atoms with Crippen LogP contribution in [-0.2, 0) is 0 Å². The second-order valence-electron chi connectivity index (χ2n) is 2.72. The summed E-state index contributed by atoms with van der Waals surface area (Å²) in [4.78, 5) is 9.91. The van der Waals surface area contributed by atoms with Gasteiger partial charge in [-0.15, -0.1) is 0 Å².